The van der Waals surface area contributed by atoms with Crippen molar-refractivity contribution in [1.29, 1.82) is 0 Å². The number of methoxy groups -OCH3 is 1. The summed E-state index contributed by atoms with van der Waals surface area (Å²) in [6, 6.07) is 6.28. The first-order valence-electron chi connectivity index (χ1n) is 14.5. The van der Waals surface area contributed by atoms with Crippen molar-refractivity contribution in [3.63, 3.8) is 0 Å². The molecule has 3 aliphatic heterocycles. The van der Waals surface area contributed by atoms with Gasteiger partial charge in [-0.1, -0.05) is 35.0 Å². The van der Waals surface area contributed by atoms with Gasteiger partial charge in [-0.2, -0.15) is 0 Å². The minimum Gasteiger partial charge on any atom is -0.497 e. The van der Waals surface area contributed by atoms with Crippen molar-refractivity contribution in [2.24, 2.45) is 11.8 Å². The Morgan fingerprint density at radius 1 is 1.17 bits per heavy atom. The second-order valence-electron chi connectivity index (χ2n) is 11.0. The molecule has 3 aliphatic rings. The maximum Gasteiger partial charge on any atom is 0.253 e. The molecular weight excluding hydrogens is 590 g/mol. The van der Waals surface area contributed by atoms with Crippen molar-refractivity contribution in [1.82, 2.24) is 9.80 Å². The first-order chi connectivity index (χ1) is 19.8. The number of likely N-dealkylation sites (tertiary alicyclic amines) is 1. The largest absolute Gasteiger partial charge is 0.497 e. The first kappa shape index (κ1) is 31.3. The van der Waals surface area contributed by atoms with Gasteiger partial charge >= 0.3 is 0 Å². The van der Waals surface area contributed by atoms with Gasteiger partial charge in [-0.25, -0.2) is 0 Å². The minimum atomic E-state index is -1.14. The van der Waals surface area contributed by atoms with Gasteiger partial charge in [0.05, 0.1) is 25.0 Å². The third kappa shape index (κ3) is 5.70. The highest BCUT2D eigenvalue weighted by Gasteiger charge is 2.76. The number of anilines is 1. The number of amides is 3. The molecule has 1 spiro atoms. The molecule has 224 valence electrons. The van der Waals surface area contributed by atoms with E-state index in [1.54, 1.807) is 46.1 Å². The molecule has 0 saturated carbocycles. The van der Waals surface area contributed by atoms with E-state index in [1.165, 1.54) is 0 Å². The van der Waals surface area contributed by atoms with E-state index in [4.69, 9.17) is 9.47 Å². The molecule has 10 heteroatoms. The maximum absolute atomic E-state index is 14.6. The molecule has 3 unspecified atom stereocenters. The number of ether oxygens (including phenoxy) is 2. The van der Waals surface area contributed by atoms with E-state index < -0.39 is 29.6 Å². The molecule has 41 heavy (non-hydrogen) atoms. The number of halogens is 1. The van der Waals surface area contributed by atoms with Gasteiger partial charge in [-0.3, -0.25) is 14.4 Å². The number of fused-ring (bicyclic) bond motifs is 1. The zero-order valence-electron chi connectivity index (χ0n) is 24.0. The molecule has 3 saturated heterocycles. The molecule has 2 bridgehead atoms. The number of nitrogens with zero attached hydrogens (tertiary/aromatic N) is 3. The van der Waals surface area contributed by atoms with Crippen LogP contribution in [0.5, 0.6) is 5.75 Å². The number of hydrogen-bond donors (Lipinski definition) is 1. The number of aliphatic hydroxyl groups is 1. The Morgan fingerprint density at radius 2 is 1.88 bits per heavy atom. The number of unbranched alkanes of at least 4 members (excludes halogenated alkanes) is 2. The molecule has 3 amide bonds. The summed E-state index contributed by atoms with van der Waals surface area (Å²) in [6.07, 6.45) is 6.01. The number of rotatable bonds is 15. The topological polar surface area (TPSA) is 99.6 Å². The molecule has 6 atom stereocenters. The molecule has 0 aliphatic carbocycles. The third-order valence-electron chi connectivity index (χ3n) is 8.48. The van der Waals surface area contributed by atoms with Crippen molar-refractivity contribution in [2.75, 3.05) is 44.8 Å². The Hall–Kier alpha value is -2.69. The van der Waals surface area contributed by atoms with Crippen LogP contribution in [-0.2, 0) is 19.1 Å². The highest BCUT2D eigenvalue weighted by molar-refractivity contribution is 9.09. The smallest absolute Gasteiger partial charge is 0.253 e. The van der Waals surface area contributed by atoms with Crippen molar-refractivity contribution in [3.05, 3.63) is 49.6 Å². The Kier molecular flexibility index (Phi) is 10.3. The predicted molar refractivity (Wildman–Crippen MR) is 161 cm³/mol. The Bertz CT molecular complexity index is 1130. The first-order valence-corrected chi connectivity index (χ1v) is 15.4. The van der Waals surface area contributed by atoms with Gasteiger partial charge in [0.1, 0.15) is 17.4 Å². The number of aliphatic hydroxyl groups excluding tert-OH is 1. The Balaban J connectivity index is 1.76. The van der Waals surface area contributed by atoms with E-state index >= 15 is 0 Å². The Labute approximate surface area is 251 Å². The summed E-state index contributed by atoms with van der Waals surface area (Å²) < 4.78 is 12.0. The summed E-state index contributed by atoms with van der Waals surface area (Å²) in [5.74, 6) is -1.40. The average molecular weight is 633 g/mol. The van der Waals surface area contributed by atoms with Crippen LogP contribution in [0.15, 0.2) is 49.6 Å². The van der Waals surface area contributed by atoms with Crippen LogP contribution in [0.25, 0.3) is 0 Å². The van der Waals surface area contributed by atoms with Crippen LogP contribution in [0.3, 0.4) is 0 Å². The van der Waals surface area contributed by atoms with Gasteiger partial charge in [0, 0.05) is 43.3 Å². The zero-order valence-corrected chi connectivity index (χ0v) is 25.6. The molecular formula is C31H42BrN3O6. The number of carbonyl (C=O) groups excluding carboxylic acids is 3. The lowest BCUT2D eigenvalue weighted by Crippen LogP contribution is -2.57. The number of benzene rings is 1. The standard InChI is InChI=1S/C31H42BrN3O6/c1-5-15-33(16-6-2)28(37)24-25-29(38)35(18-9-8-10-19-36)27(31(25)20-23(32)26(24)41-31)30(39)34(17-7-3)21-11-13-22(40-4)14-12-21/h5,7,11-14,23-27,36H,1,3,6,8-10,15-20H2,2,4H3/t23?,24-,25-,26-,27?,31?/m0/s1. The fourth-order valence-electron chi connectivity index (χ4n) is 6.79. The van der Waals surface area contributed by atoms with Crippen molar-refractivity contribution >= 4 is 39.3 Å². The summed E-state index contributed by atoms with van der Waals surface area (Å²) in [5.41, 5.74) is -0.485. The van der Waals surface area contributed by atoms with Crippen LogP contribution in [0.1, 0.15) is 39.0 Å². The molecule has 1 aromatic carbocycles. The summed E-state index contributed by atoms with van der Waals surface area (Å²) in [7, 11) is 1.58. The molecule has 3 fully saturated rings. The monoisotopic (exact) mass is 631 g/mol. The van der Waals surface area contributed by atoms with Gasteiger partial charge in [0.25, 0.3) is 5.91 Å². The highest BCUT2D eigenvalue weighted by atomic mass is 79.9. The normalized spacial score (nSPS) is 28.0. The second-order valence-corrected chi connectivity index (χ2v) is 12.2. The van der Waals surface area contributed by atoms with E-state index in [1.807, 2.05) is 19.1 Å². The quantitative estimate of drug-likeness (QED) is 0.181. The van der Waals surface area contributed by atoms with Crippen LogP contribution >= 0.6 is 15.9 Å². The predicted octanol–water partition coefficient (Wildman–Crippen LogP) is 3.55. The lowest BCUT2D eigenvalue weighted by atomic mass is 9.70. The number of hydrogen-bond acceptors (Lipinski definition) is 6. The zero-order chi connectivity index (χ0) is 29.7. The van der Waals surface area contributed by atoms with Crippen LogP contribution in [0.4, 0.5) is 5.69 Å². The summed E-state index contributed by atoms with van der Waals surface area (Å²) in [4.78, 5) is 47.7. The van der Waals surface area contributed by atoms with E-state index in [9.17, 15) is 19.5 Å². The number of alkyl halides is 1. The van der Waals surface area contributed by atoms with Crippen LogP contribution < -0.4 is 9.64 Å². The van der Waals surface area contributed by atoms with E-state index in [0.717, 1.165) is 6.42 Å². The SMILES string of the molecule is C=CCN(CCC)C(=O)[C@H]1[C@H]2C(=O)N(CCCCCO)C(C(=O)N(CC=C)c3ccc(OC)cc3)C23CC(Br)[C@@H]1O3. The van der Waals surface area contributed by atoms with E-state index in [0.29, 0.717) is 56.8 Å². The fraction of sp³-hybridized carbons (Fsp3) is 0.581. The lowest BCUT2D eigenvalue weighted by molar-refractivity contribution is -0.145. The van der Waals surface area contributed by atoms with Crippen molar-refractivity contribution < 1.29 is 29.0 Å². The molecule has 4 rings (SSSR count). The molecule has 0 radical (unpaired) electrons. The Morgan fingerprint density at radius 3 is 2.49 bits per heavy atom. The third-order valence-corrected chi connectivity index (χ3v) is 9.33. The highest BCUT2D eigenvalue weighted by Crippen LogP contribution is 2.60. The van der Waals surface area contributed by atoms with Gasteiger partial charge < -0.3 is 29.3 Å². The number of carbonyl (C=O) groups is 3. The van der Waals surface area contributed by atoms with Crippen LogP contribution in [0, 0.1) is 11.8 Å². The van der Waals surface area contributed by atoms with Crippen LogP contribution in [0.2, 0.25) is 0 Å². The van der Waals surface area contributed by atoms with E-state index in [-0.39, 0.29) is 35.7 Å². The van der Waals surface area contributed by atoms with Gasteiger partial charge in [-0.05, 0) is 56.4 Å². The molecule has 3 heterocycles. The average Bonchev–Trinajstić information content (AvgIpc) is 3.56. The van der Waals surface area contributed by atoms with Crippen LogP contribution in [-0.4, -0.2) is 95.1 Å². The maximum atomic E-state index is 14.6. The second kappa shape index (κ2) is 13.5. The molecule has 0 aromatic heterocycles. The van der Waals surface area contributed by atoms with Gasteiger partial charge in [0.2, 0.25) is 11.8 Å². The molecule has 1 aromatic rings. The lowest BCUT2D eigenvalue weighted by Gasteiger charge is -2.37. The fourth-order valence-corrected chi connectivity index (χ4v) is 7.73. The summed E-state index contributed by atoms with van der Waals surface area (Å²) in [5, 5.41) is 9.29. The summed E-state index contributed by atoms with van der Waals surface area (Å²) >= 11 is 3.75. The van der Waals surface area contributed by atoms with E-state index in [2.05, 4.69) is 29.1 Å². The van der Waals surface area contributed by atoms with Gasteiger partial charge in [0.15, 0.2) is 0 Å². The minimum absolute atomic E-state index is 0.0661. The van der Waals surface area contributed by atoms with Gasteiger partial charge in [-0.15, -0.1) is 13.2 Å². The summed E-state index contributed by atoms with van der Waals surface area (Å²) in [6.45, 7) is 11.3. The van der Waals surface area contributed by atoms with Crippen molar-refractivity contribution in [2.45, 2.75) is 61.6 Å². The molecule has 9 nitrogen and oxygen atoms in total. The molecule has 1 N–H and O–H groups in total. The van der Waals surface area contributed by atoms with Crippen molar-refractivity contribution in [3.8, 4) is 5.75 Å².